The van der Waals surface area contributed by atoms with Gasteiger partial charge < -0.3 is 24.6 Å². The molecule has 1 atom stereocenters. The van der Waals surface area contributed by atoms with Crippen LogP contribution < -0.4 is 5.32 Å². The van der Waals surface area contributed by atoms with Crippen molar-refractivity contribution in [2.75, 3.05) is 39.7 Å². The minimum atomic E-state index is -4.52. The average Bonchev–Trinajstić information content (AvgIpc) is 3.33. The topological polar surface area (TPSA) is 122 Å². The summed E-state index contributed by atoms with van der Waals surface area (Å²) in [5.74, 6) is -3.03. The Morgan fingerprint density at radius 2 is 1.58 bits per heavy atom. The predicted molar refractivity (Wildman–Crippen MR) is 186 cm³/mol. The number of likely N-dealkylation sites (N-methyl/N-ethyl adjacent to an activating group) is 1. The number of halogens is 3. The zero-order chi connectivity index (χ0) is 38.0. The van der Waals surface area contributed by atoms with E-state index in [1.54, 1.807) is 50.2 Å². The Bertz CT molecular complexity index is 2060. The SMILES string of the molecule is CCOC(=O)[C@]1(COC(=O)Cc2ccc(NC(=O)c3cccc(C)c3-c3ccc(C(F)(F)F)cc3)c(C(=O)N(C)C)c2)c2ccccc2C(=O)N1C. The highest BCUT2D eigenvalue weighted by molar-refractivity contribution is 6.12. The number of alkyl halides is 3. The second-order valence-corrected chi connectivity index (χ2v) is 12.4. The van der Waals surface area contributed by atoms with E-state index in [0.717, 1.165) is 12.1 Å². The van der Waals surface area contributed by atoms with E-state index < -0.39 is 53.5 Å². The summed E-state index contributed by atoms with van der Waals surface area (Å²) in [6, 6.07) is 20.3. The van der Waals surface area contributed by atoms with Gasteiger partial charge in [0.25, 0.3) is 17.7 Å². The molecule has 52 heavy (non-hydrogen) atoms. The number of hydrogen-bond donors (Lipinski definition) is 1. The van der Waals surface area contributed by atoms with Crippen LogP contribution in [-0.4, -0.2) is 73.8 Å². The Morgan fingerprint density at radius 3 is 2.23 bits per heavy atom. The first kappa shape index (κ1) is 37.3. The minimum absolute atomic E-state index is 0.0323. The first-order valence-corrected chi connectivity index (χ1v) is 16.2. The van der Waals surface area contributed by atoms with Crippen molar-refractivity contribution in [3.63, 3.8) is 0 Å². The number of nitrogens with zero attached hydrogens (tertiary/aromatic N) is 2. The van der Waals surface area contributed by atoms with Gasteiger partial charge in [-0.3, -0.25) is 19.2 Å². The summed E-state index contributed by atoms with van der Waals surface area (Å²) in [5.41, 5.74) is 0.299. The van der Waals surface area contributed by atoms with Gasteiger partial charge in [0.15, 0.2) is 0 Å². The quantitative estimate of drug-likeness (QED) is 0.192. The molecule has 10 nitrogen and oxygen atoms in total. The molecule has 270 valence electrons. The van der Waals surface area contributed by atoms with Crippen LogP contribution in [0.2, 0.25) is 0 Å². The van der Waals surface area contributed by atoms with Crippen LogP contribution in [0.3, 0.4) is 0 Å². The number of esters is 2. The van der Waals surface area contributed by atoms with Gasteiger partial charge in [0.05, 0.1) is 29.8 Å². The normalized spacial score (nSPS) is 15.2. The van der Waals surface area contributed by atoms with E-state index >= 15 is 0 Å². The van der Waals surface area contributed by atoms with Crippen LogP contribution in [0.25, 0.3) is 11.1 Å². The molecule has 0 bridgehead atoms. The third-order valence-electron chi connectivity index (χ3n) is 8.87. The van der Waals surface area contributed by atoms with Gasteiger partial charge in [0.1, 0.15) is 6.61 Å². The first-order chi connectivity index (χ1) is 24.6. The Balaban J connectivity index is 1.39. The number of anilines is 1. The zero-order valence-corrected chi connectivity index (χ0v) is 29.1. The molecule has 3 amide bonds. The fraction of sp³-hybridized carbons (Fsp3) is 0.256. The van der Waals surface area contributed by atoms with Gasteiger partial charge in [-0.05, 0) is 72.5 Å². The van der Waals surface area contributed by atoms with Crippen molar-refractivity contribution in [1.82, 2.24) is 9.80 Å². The molecule has 13 heteroatoms. The third-order valence-corrected chi connectivity index (χ3v) is 8.87. The molecular formula is C39H36F3N3O7. The van der Waals surface area contributed by atoms with Crippen LogP contribution >= 0.6 is 0 Å². The summed E-state index contributed by atoms with van der Waals surface area (Å²) in [7, 11) is 4.47. The summed E-state index contributed by atoms with van der Waals surface area (Å²) >= 11 is 0. The van der Waals surface area contributed by atoms with Crippen molar-refractivity contribution in [3.8, 4) is 11.1 Å². The average molecular weight is 716 g/mol. The molecule has 0 spiro atoms. The number of nitrogens with one attached hydrogen (secondary N) is 1. The number of rotatable bonds is 10. The summed E-state index contributed by atoms with van der Waals surface area (Å²) in [6.07, 6.45) is -4.84. The Morgan fingerprint density at radius 1 is 0.885 bits per heavy atom. The number of carbonyl (C=O) groups is 5. The largest absolute Gasteiger partial charge is 0.464 e. The molecule has 0 aromatic heterocycles. The summed E-state index contributed by atoms with van der Waals surface area (Å²) in [4.78, 5) is 69.1. The molecule has 4 aromatic carbocycles. The number of hydrogen-bond acceptors (Lipinski definition) is 7. The highest BCUT2D eigenvalue weighted by Gasteiger charge is 2.55. The second kappa shape index (κ2) is 14.7. The van der Waals surface area contributed by atoms with Crippen LogP contribution in [0.5, 0.6) is 0 Å². The van der Waals surface area contributed by atoms with E-state index in [1.807, 2.05) is 0 Å². The lowest BCUT2D eigenvalue weighted by Gasteiger charge is -2.33. The molecule has 1 aliphatic heterocycles. The van der Waals surface area contributed by atoms with Gasteiger partial charge in [0, 0.05) is 37.8 Å². The van der Waals surface area contributed by atoms with Gasteiger partial charge in [-0.1, -0.05) is 48.5 Å². The van der Waals surface area contributed by atoms with E-state index in [-0.39, 0.29) is 35.4 Å². The van der Waals surface area contributed by atoms with Crippen molar-refractivity contribution >= 4 is 35.3 Å². The van der Waals surface area contributed by atoms with Gasteiger partial charge in [-0.2, -0.15) is 13.2 Å². The number of ether oxygens (including phenoxy) is 2. The molecule has 1 heterocycles. The molecule has 1 aliphatic rings. The minimum Gasteiger partial charge on any atom is -0.464 e. The molecule has 0 unspecified atom stereocenters. The fourth-order valence-electron chi connectivity index (χ4n) is 6.18. The Hall–Kier alpha value is -5.98. The molecule has 0 saturated carbocycles. The van der Waals surface area contributed by atoms with Crippen molar-refractivity contribution in [3.05, 3.63) is 124 Å². The molecule has 4 aromatic rings. The summed E-state index contributed by atoms with van der Waals surface area (Å²) < 4.78 is 50.5. The molecule has 0 saturated heterocycles. The maximum atomic E-state index is 13.7. The van der Waals surface area contributed by atoms with Crippen LogP contribution in [-0.2, 0) is 37.2 Å². The van der Waals surface area contributed by atoms with E-state index in [9.17, 15) is 37.1 Å². The lowest BCUT2D eigenvalue weighted by Crippen LogP contribution is -2.52. The van der Waals surface area contributed by atoms with Gasteiger partial charge in [-0.15, -0.1) is 0 Å². The number of aryl methyl sites for hydroxylation is 1. The van der Waals surface area contributed by atoms with Crippen molar-refractivity contribution in [2.24, 2.45) is 0 Å². The molecular weight excluding hydrogens is 679 g/mol. The van der Waals surface area contributed by atoms with Crippen molar-refractivity contribution in [2.45, 2.75) is 32.0 Å². The lowest BCUT2D eigenvalue weighted by molar-refractivity contribution is -0.164. The Kier molecular flexibility index (Phi) is 10.5. The second-order valence-electron chi connectivity index (χ2n) is 12.4. The van der Waals surface area contributed by atoms with E-state index in [0.29, 0.717) is 27.8 Å². The highest BCUT2D eigenvalue weighted by atomic mass is 19.4. The maximum absolute atomic E-state index is 13.7. The lowest BCUT2D eigenvalue weighted by atomic mass is 9.90. The third kappa shape index (κ3) is 7.11. The number of carbonyl (C=O) groups excluding carboxylic acids is 5. The fourth-order valence-corrected chi connectivity index (χ4v) is 6.18. The number of amides is 3. The van der Waals surface area contributed by atoms with Gasteiger partial charge in [-0.25, -0.2) is 4.79 Å². The van der Waals surface area contributed by atoms with Crippen LogP contribution in [0, 0.1) is 6.92 Å². The molecule has 0 aliphatic carbocycles. The van der Waals surface area contributed by atoms with Crippen molar-refractivity contribution in [1.29, 1.82) is 0 Å². The molecule has 0 radical (unpaired) electrons. The van der Waals surface area contributed by atoms with Crippen LogP contribution in [0.15, 0.2) is 84.9 Å². The molecule has 5 rings (SSSR count). The number of fused-ring (bicyclic) bond motifs is 1. The van der Waals surface area contributed by atoms with Gasteiger partial charge in [0.2, 0.25) is 5.54 Å². The standard InChI is InChI=1S/C39H36F3N3O7/c1-6-51-37(50)38(30-13-8-7-11-27(30)36(49)45(38)5)22-52-32(46)21-24-14-19-31(29(20-24)35(48)44(3)4)43-34(47)28-12-9-10-23(2)33(28)25-15-17-26(18-16-25)39(40,41)42/h7-20H,6,21-22H2,1-5H3,(H,43,47)/t38-/m0/s1. The van der Waals surface area contributed by atoms with E-state index in [1.165, 1.54) is 67.3 Å². The van der Waals surface area contributed by atoms with Crippen LogP contribution in [0.1, 0.15) is 60.3 Å². The summed E-state index contributed by atoms with van der Waals surface area (Å²) in [6.45, 7) is 2.87. The zero-order valence-electron chi connectivity index (χ0n) is 29.1. The van der Waals surface area contributed by atoms with E-state index in [4.69, 9.17) is 9.47 Å². The highest BCUT2D eigenvalue weighted by Crippen LogP contribution is 2.40. The number of benzene rings is 4. The summed E-state index contributed by atoms with van der Waals surface area (Å²) in [5, 5.41) is 2.75. The Labute approximate surface area is 298 Å². The predicted octanol–water partition coefficient (Wildman–Crippen LogP) is 6.26. The monoisotopic (exact) mass is 715 g/mol. The first-order valence-electron chi connectivity index (χ1n) is 16.2. The maximum Gasteiger partial charge on any atom is 0.416 e. The smallest absolute Gasteiger partial charge is 0.416 e. The van der Waals surface area contributed by atoms with Gasteiger partial charge >= 0.3 is 18.1 Å². The molecule has 1 N–H and O–H groups in total. The molecule has 0 fully saturated rings. The van der Waals surface area contributed by atoms with Crippen molar-refractivity contribution < 1.29 is 46.6 Å². The van der Waals surface area contributed by atoms with E-state index in [2.05, 4.69) is 5.32 Å². The van der Waals surface area contributed by atoms with Crippen LogP contribution in [0.4, 0.5) is 18.9 Å².